The Morgan fingerprint density at radius 3 is 2.31 bits per heavy atom. The van der Waals surface area contributed by atoms with Crippen molar-refractivity contribution in [2.75, 3.05) is 5.32 Å². The number of para-hydroxylation sites is 1. The highest BCUT2D eigenvalue weighted by Gasteiger charge is 2.16. The van der Waals surface area contributed by atoms with Crippen LogP contribution in [-0.2, 0) is 4.79 Å². The maximum atomic E-state index is 12.3. The van der Waals surface area contributed by atoms with E-state index in [1.54, 1.807) is 24.3 Å². The predicted octanol–water partition coefficient (Wildman–Crippen LogP) is 3.35. The largest absolute Gasteiger partial charge is 0.309 e. The standard InChI is InChI=1S/C20H16N4O2/c21-13-16-14-22-24(17-9-5-2-6-10-17)20(16)23-19(26)12-11-18(25)15-7-3-1-4-8-15/h1-10,14H,11-12H2,(H,23,26). The van der Waals surface area contributed by atoms with Gasteiger partial charge in [0.25, 0.3) is 0 Å². The number of carbonyl (C=O) groups is 2. The molecule has 128 valence electrons. The lowest BCUT2D eigenvalue weighted by atomic mass is 10.1. The molecule has 0 saturated heterocycles. The summed E-state index contributed by atoms with van der Waals surface area (Å²) in [5.74, 6) is -0.142. The number of Topliss-reactive ketones (excluding diaryl/α,β-unsaturated/α-hetero) is 1. The van der Waals surface area contributed by atoms with Gasteiger partial charge in [0.1, 0.15) is 11.6 Å². The monoisotopic (exact) mass is 344 g/mol. The Bertz CT molecular complexity index is 956. The van der Waals surface area contributed by atoms with Gasteiger partial charge in [0, 0.05) is 18.4 Å². The van der Waals surface area contributed by atoms with Crippen molar-refractivity contribution in [3.63, 3.8) is 0 Å². The van der Waals surface area contributed by atoms with Gasteiger partial charge in [-0.05, 0) is 12.1 Å². The Morgan fingerprint density at radius 1 is 1.00 bits per heavy atom. The third-order valence-corrected chi connectivity index (χ3v) is 3.82. The molecule has 0 aliphatic heterocycles. The van der Waals surface area contributed by atoms with Gasteiger partial charge >= 0.3 is 0 Å². The molecule has 6 nitrogen and oxygen atoms in total. The number of nitrogens with zero attached hydrogens (tertiary/aromatic N) is 3. The SMILES string of the molecule is N#Cc1cnn(-c2ccccc2)c1NC(=O)CCC(=O)c1ccccc1. The number of aromatic nitrogens is 2. The Hall–Kier alpha value is -3.72. The first-order chi connectivity index (χ1) is 12.7. The minimum atomic E-state index is -0.344. The first kappa shape index (κ1) is 17.1. The summed E-state index contributed by atoms with van der Waals surface area (Å²) in [4.78, 5) is 24.4. The van der Waals surface area contributed by atoms with Crippen LogP contribution >= 0.6 is 0 Å². The summed E-state index contributed by atoms with van der Waals surface area (Å²) in [6.45, 7) is 0. The van der Waals surface area contributed by atoms with E-state index in [2.05, 4.69) is 10.4 Å². The molecule has 1 N–H and O–H groups in total. The number of nitrogens with one attached hydrogen (secondary N) is 1. The van der Waals surface area contributed by atoms with E-state index in [1.807, 2.05) is 42.5 Å². The number of hydrogen-bond donors (Lipinski definition) is 1. The average molecular weight is 344 g/mol. The van der Waals surface area contributed by atoms with E-state index in [1.165, 1.54) is 10.9 Å². The normalized spacial score (nSPS) is 10.1. The van der Waals surface area contributed by atoms with E-state index in [-0.39, 0.29) is 30.1 Å². The molecule has 1 heterocycles. The molecule has 0 spiro atoms. The number of nitriles is 1. The topological polar surface area (TPSA) is 87.8 Å². The molecule has 0 aliphatic carbocycles. The fourth-order valence-electron chi connectivity index (χ4n) is 2.51. The van der Waals surface area contributed by atoms with Crippen molar-refractivity contribution in [3.8, 4) is 11.8 Å². The molecular weight excluding hydrogens is 328 g/mol. The summed E-state index contributed by atoms with van der Waals surface area (Å²) in [7, 11) is 0. The van der Waals surface area contributed by atoms with Crippen molar-refractivity contribution in [2.45, 2.75) is 12.8 Å². The Labute approximate surface area is 150 Å². The molecule has 26 heavy (non-hydrogen) atoms. The summed E-state index contributed by atoms with van der Waals surface area (Å²) >= 11 is 0. The number of carbonyl (C=O) groups excluding carboxylic acids is 2. The minimum absolute atomic E-state index is 0.0264. The van der Waals surface area contributed by atoms with Gasteiger partial charge in [0.2, 0.25) is 5.91 Å². The number of benzene rings is 2. The minimum Gasteiger partial charge on any atom is -0.309 e. The van der Waals surface area contributed by atoms with Crippen LogP contribution in [0.5, 0.6) is 0 Å². The summed E-state index contributed by atoms with van der Waals surface area (Å²) in [5.41, 5.74) is 1.56. The molecule has 3 aromatic rings. The highest BCUT2D eigenvalue weighted by Crippen LogP contribution is 2.20. The highest BCUT2D eigenvalue weighted by molar-refractivity contribution is 6.00. The van der Waals surface area contributed by atoms with Gasteiger partial charge in [-0.3, -0.25) is 9.59 Å². The van der Waals surface area contributed by atoms with Crippen LogP contribution in [-0.4, -0.2) is 21.5 Å². The summed E-state index contributed by atoms with van der Waals surface area (Å²) in [6, 6.07) is 20.0. The van der Waals surface area contributed by atoms with E-state index in [4.69, 9.17) is 0 Å². The van der Waals surface area contributed by atoms with Crippen LogP contribution in [0, 0.1) is 11.3 Å². The summed E-state index contributed by atoms with van der Waals surface area (Å²) in [6.07, 6.45) is 1.52. The van der Waals surface area contributed by atoms with Gasteiger partial charge in [-0.15, -0.1) is 0 Å². The lowest BCUT2D eigenvalue weighted by molar-refractivity contribution is -0.116. The Balaban J connectivity index is 1.71. The van der Waals surface area contributed by atoms with Gasteiger partial charge < -0.3 is 5.32 Å². The second kappa shape index (κ2) is 7.90. The number of amides is 1. The lowest BCUT2D eigenvalue weighted by Gasteiger charge is -2.09. The van der Waals surface area contributed by atoms with Crippen LogP contribution in [0.25, 0.3) is 5.69 Å². The van der Waals surface area contributed by atoms with E-state index in [0.717, 1.165) is 5.69 Å². The van der Waals surface area contributed by atoms with Gasteiger partial charge in [-0.1, -0.05) is 48.5 Å². The van der Waals surface area contributed by atoms with Crippen LogP contribution in [0.1, 0.15) is 28.8 Å². The third kappa shape index (κ3) is 3.84. The van der Waals surface area contributed by atoms with Gasteiger partial charge in [-0.25, -0.2) is 4.68 Å². The Kier molecular flexibility index (Phi) is 5.20. The van der Waals surface area contributed by atoms with Crippen molar-refractivity contribution in [1.82, 2.24) is 9.78 Å². The fraction of sp³-hybridized carbons (Fsp3) is 0.100. The molecule has 0 fully saturated rings. The van der Waals surface area contributed by atoms with Gasteiger partial charge in [0.15, 0.2) is 11.6 Å². The molecule has 0 saturated carbocycles. The molecule has 1 amide bonds. The number of rotatable bonds is 6. The molecular formula is C20H16N4O2. The molecule has 6 heteroatoms. The maximum Gasteiger partial charge on any atom is 0.226 e. The first-order valence-electron chi connectivity index (χ1n) is 8.10. The lowest BCUT2D eigenvalue weighted by Crippen LogP contribution is -2.17. The predicted molar refractivity (Wildman–Crippen MR) is 96.9 cm³/mol. The molecule has 0 radical (unpaired) electrons. The number of ketones is 1. The fourth-order valence-corrected chi connectivity index (χ4v) is 2.51. The molecule has 2 aromatic carbocycles. The Morgan fingerprint density at radius 2 is 1.65 bits per heavy atom. The van der Waals surface area contributed by atoms with Crippen LogP contribution in [0.2, 0.25) is 0 Å². The van der Waals surface area contributed by atoms with E-state index in [9.17, 15) is 14.9 Å². The first-order valence-corrected chi connectivity index (χ1v) is 8.10. The molecule has 3 rings (SSSR count). The molecule has 0 unspecified atom stereocenters. The summed E-state index contributed by atoms with van der Waals surface area (Å²) in [5, 5.41) is 16.1. The van der Waals surface area contributed by atoms with Crippen LogP contribution in [0.4, 0.5) is 5.82 Å². The maximum absolute atomic E-state index is 12.3. The van der Waals surface area contributed by atoms with Crippen LogP contribution in [0.3, 0.4) is 0 Å². The highest BCUT2D eigenvalue weighted by atomic mass is 16.2. The third-order valence-electron chi connectivity index (χ3n) is 3.82. The summed E-state index contributed by atoms with van der Waals surface area (Å²) < 4.78 is 1.50. The van der Waals surface area contributed by atoms with Crippen LogP contribution < -0.4 is 5.32 Å². The number of hydrogen-bond acceptors (Lipinski definition) is 4. The van der Waals surface area contributed by atoms with Crippen molar-refractivity contribution in [1.29, 1.82) is 5.26 Å². The molecule has 0 bridgehead atoms. The van der Waals surface area contributed by atoms with Crippen molar-refractivity contribution in [2.24, 2.45) is 0 Å². The average Bonchev–Trinajstić information content (AvgIpc) is 3.10. The van der Waals surface area contributed by atoms with Crippen molar-refractivity contribution in [3.05, 3.63) is 78.0 Å². The zero-order chi connectivity index (χ0) is 18.4. The molecule has 0 atom stereocenters. The number of anilines is 1. The van der Waals surface area contributed by atoms with Crippen molar-refractivity contribution >= 4 is 17.5 Å². The van der Waals surface area contributed by atoms with E-state index in [0.29, 0.717) is 11.4 Å². The van der Waals surface area contributed by atoms with Gasteiger partial charge in [-0.2, -0.15) is 10.4 Å². The van der Waals surface area contributed by atoms with Crippen molar-refractivity contribution < 1.29 is 9.59 Å². The molecule has 0 aliphatic rings. The van der Waals surface area contributed by atoms with E-state index >= 15 is 0 Å². The molecule has 1 aromatic heterocycles. The smallest absolute Gasteiger partial charge is 0.226 e. The zero-order valence-corrected chi connectivity index (χ0v) is 13.9. The second-order valence-electron chi connectivity index (χ2n) is 5.60. The van der Waals surface area contributed by atoms with E-state index < -0.39 is 0 Å². The zero-order valence-electron chi connectivity index (χ0n) is 13.9. The quantitative estimate of drug-likeness (QED) is 0.695. The van der Waals surface area contributed by atoms with Crippen LogP contribution in [0.15, 0.2) is 66.9 Å². The van der Waals surface area contributed by atoms with Gasteiger partial charge in [0.05, 0.1) is 11.9 Å². The second-order valence-corrected chi connectivity index (χ2v) is 5.60.